The van der Waals surface area contributed by atoms with Crippen LogP contribution in [-0.4, -0.2) is 42.9 Å². The number of hydrogen-bond acceptors (Lipinski definition) is 4. The molecule has 1 aliphatic heterocycles. The molecule has 1 aromatic heterocycles. The van der Waals surface area contributed by atoms with E-state index in [0.717, 1.165) is 42.4 Å². The Hall–Kier alpha value is -2.44. The molecule has 0 radical (unpaired) electrons. The molecule has 30 heavy (non-hydrogen) atoms. The smallest absolute Gasteiger partial charge is 0.267 e. The van der Waals surface area contributed by atoms with Gasteiger partial charge in [0.15, 0.2) is 0 Å². The van der Waals surface area contributed by atoms with Crippen molar-refractivity contribution >= 4 is 29.2 Å². The van der Waals surface area contributed by atoms with Gasteiger partial charge in [-0.2, -0.15) is 0 Å². The zero-order valence-corrected chi connectivity index (χ0v) is 18.6. The standard InChI is InChI=1S/C24H31N3O2S/c1-18-6-8-20(9-7-18)23(28)26-22(17-21-5-3-16-30-21)24(29)25-12-4-13-27-14-10-19(2)11-15-27/h3,5-9,16-17,19H,4,10-15H2,1-2H3,(H,25,29)(H,26,28)/b22-17-. The molecule has 1 fully saturated rings. The van der Waals surface area contributed by atoms with Crippen molar-refractivity contribution in [1.82, 2.24) is 15.5 Å². The normalized spacial score (nSPS) is 15.7. The highest BCUT2D eigenvalue weighted by atomic mass is 32.1. The largest absolute Gasteiger partial charge is 0.351 e. The van der Waals surface area contributed by atoms with Crippen molar-refractivity contribution < 1.29 is 9.59 Å². The number of amides is 2. The third-order valence-corrected chi connectivity index (χ3v) is 6.27. The molecule has 2 N–H and O–H groups in total. The summed E-state index contributed by atoms with van der Waals surface area (Å²) in [5, 5.41) is 7.70. The van der Waals surface area contributed by atoms with E-state index < -0.39 is 0 Å². The number of nitrogens with zero attached hydrogens (tertiary/aromatic N) is 1. The summed E-state index contributed by atoms with van der Waals surface area (Å²) < 4.78 is 0. The van der Waals surface area contributed by atoms with Crippen LogP contribution in [0.5, 0.6) is 0 Å². The van der Waals surface area contributed by atoms with Gasteiger partial charge in [0.2, 0.25) is 0 Å². The van der Waals surface area contributed by atoms with Gasteiger partial charge in [0, 0.05) is 17.0 Å². The number of benzene rings is 1. The van der Waals surface area contributed by atoms with E-state index >= 15 is 0 Å². The van der Waals surface area contributed by atoms with Crippen LogP contribution >= 0.6 is 11.3 Å². The summed E-state index contributed by atoms with van der Waals surface area (Å²) in [7, 11) is 0. The van der Waals surface area contributed by atoms with E-state index in [-0.39, 0.29) is 17.5 Å². The average Bonchev–Trinajstić information content (AvgIpc) is 3.25. The third kappa shape index (κ3) is 6.82. The van der Waals surface area contributed by atoms with E-state index in [0.29, 0.717) is 12.1 Å². The van der Waals surface area contributed by atoms with Crippen molar-refractivity contribution in [3.8, 4) is 0 Å². The van der Waals surface area contributed by atoms with Crippen LogP contribution in [0.1, 0.15) is 47.0 Å². The summed E-state index contributed by atoms with van der Waals surface area (Å²) in [4.78, 5) is 28.8. The number of nitrogens with one attached hydrogen (secondary N) is 2. The predicted molar refractivity (Wildman–Crippen MR) is 123 cm³/mol. The van der Waals surface area contributed by atoms with Crippen LogP contribution in [0.4, 0.5) is 0 Å². The second-order valence-electron chi connectivity index (χ2n) is 8.03. The second kappa shape index (κ2) is 11.1. The molecule has 0 bridgehead atoms. The molecular formula is C24H31N3O2S. The first-order valence-corrected chi connectivity index (χ1v) is 11.5. The summed E-state index contributed by atoms with van der Waals surface area (Å²) in [6.45, 7) is 8.15. The predicted octanol–water partition coefficient (Wildman–Crippen LogP) is 4.07. The lowest BCUT2D eigenvalue weighted by molar-refractivity contribution is -0.117. The minimum atomic E-state index is -0.282. The summed E-state index contributed by atoms with van der Waals surface area (Å²) in [5.41, 5.74) is 1.89. The topological polar surface area (TPSA) is 61.4 Å². The third-order valence-electron chi connectivity index (χ3n) is 5.45. The summed E-state index contributed by atoms with van der Waals surface area (Å²) in [6.07, 6.45) is 5.15. The van der Waals surface area contributed by atoms with Gasteiger partial charge in [-0.05, 0) is 81.4 Å². The minimum Gasteiger partial charge on any atom is -0.351 e. The van der Waals surface area contributed by atoms with Crippen LogP contribution < -0.4 is 10.6 Å². The number of carbonyl (C=O) groups is 2. The quantitative estimate of drug-likeness (QED) is 0.495. The number of hydrogen-bond donors (Lipinski definition) is 2. The van der Waals surface area contributed by atoms with E-state index in [4.69, 9.17) is 0 Å². The van der Waals surface area contributed by atoms with Crippen molar-refractivity contribution in [2.45, 2.75) is 33.1 Å². The highest BCUT2D eigenvalue weighted by Crippen LogP contribution is 2.16. The van der Waals surface area contributed by atoms with Gasteiger partial charge in [0.1, 0.15) is 5.70 Å². The Balaban J connectivity index is 1.56. The Kier molecular flexibility index (Phi) is 8.22. The fraction of sp³-hybridized carbons (Fsp3) is 0.417. The van der Waals surface area contributed by atoms with Crippen molar-refractivity contribution in [2.24, 2.45) is 5.92 Å². The number of piperidine rings is 1. The molecule has 0 aliphatic carbocycles. The highest BCUT2D eigenvalue weighted by Gasteiger charge is 2.17. The summed E-state index contributed by atoms with van der Waals surface area (Å²) in [6, 6.07) is 11.2. The molecule has 1 saturated heterocycles. The van der Waals surface area contributed by atoms with Crippen LogP contribution in [0, 0.1) is 12.8 Å². The lowest BCUT2D eigenvalue weighted by atomic mass is 9.99. The Bertz CT molecular complexity index is 851. The van der Waals surface area contributed by atoms with Gasteiger partial charge in [0.25, 0.3) is 11.8 Å². The molecule has 2 amide bonds. The lowest BCUT2D eigenvalue weighted by Gasteiger charge is -2.30. The zero-order valence-electron chi connectivity index (χ0n) is 17.8. The van der Waals surface area contributed by atoms with E-state index in [1.54, 1.807) is 18.2 Å². The number of rotatable bonds is 8. The number of aryl methyl sites for hydroxylation is 1. The van der Waals surface area contributed by atoms with Crippen LogP contribution in [0.2, 0.25) is 0 Å². The van der Waals surface area contributed by atoms with Gasteiger partial charge in [-0.1, -0.05) is 30.7 Å². The Morgan fingerprint density at radius 3 is 2.57 bits per heavy atom. The van der Waals surface area contributed by atoms with E-state index in [2.05, 4.69) is 22.5 Å². The van der Waals surface area contributed by atoms with E-state index in [9.17, 15) is 9.59 Å². The number of carbonyl (C=O) groups excluding carboxylic acids is 2. The van der Waals surface area contributed by atoms with Crippen molar-refractivity contribution in [3.63, 3.8) is 0 Å². The lowest BCUT2D eigenvalue weighted by Crippen LogP contribution is -2.37. The molecule has 0 spiro atoms. The molecule has 1 aliphatic rings. The Labute approximate surface area is 183 Å². The van der Waals surface area contributed by atoms with Gasteiger partial charge in [-0.15, -0.1) is 11.3 Å². The van der Waals surface area contributed by atoms with E-state index in [1.165, 1.54) is 24.2 Å². The van der Waals surface area contributed by atoms with Gasteiger partial charge in [0.05, 0.1) is 0 Å². The molecule has 6 heteroatoms. The molecule has 0 unspecified atom stereocenters. The molecule has 0 saturated carbocycles. The molecule has 160 valence electrons. The van der Waals surface area contributed by atoms with Crippen LogP contribution in [0.3, 0.4) is 0 Å². The average molecular weight is 426 g/mol. The molecule has 2 aromatic rings. The number of likely N-dealkylation sites (tertiary alicyclic amines) is 1. The van der Waals surface area contributed by atoms with Crippen molar-refractivity contribution in [2.75, 3.05) is 26.2 Å². The minimum absolute atomic E-state index is 0.254. The van der Waals surface area contributed by atoms with Crippen LogP contribution in [-0.2, 0) is 4.79 Å². The van der Waals surface area contributed by atoms with Gasteiger partial charge in [-0.25, -0.2) is 0 Å². The monoisotopic (exact) mass is 425 g/mol. The SMILES string of the molecule is Cc1ccc(C(=O)N/C(=C\c2cccs2)C(=O)NCCCN2CCC(C)CC2)cc1. The molecule has 1 aromatic carbocycles. The van der Waals surface area contributed by atoms with Crippen molar-refractivity contribution in [1.29, 1.82) is 0 Å². The molecule has 2 heterocycles. The van der Waals surface area contributed by atoms with Crippen molar-refractivity contribution in [3.05, 3.63) is 63.5 Å². The van der Waals surface area contributed by atoms with Gasteiger partial charge in [-0.3, -0.25) is 9.59 Å². The first-order chi connectivity index (χ1) is 14.5. The van der Waals surface area contributed by atoms with Crippen LogP contribution in [0.25, 0.3) is 6.08 Å². The molecule has 0 atom stereocenters. The summed E-state index contributed by atoms with van der Waals surface area (Å²) >= 11 is 1.53. The van der Waals surface area contributed by atoms with Gasteiger partial charge < -0.3 is 15.5 Å². The second-order valence-corrected chi connectivity index (χ2v) is 9.01. The maximum Gasteiger partial charge on any atom is 0.267 e. The molecular weight excluding hydrogens is 394 g/mol. The number of thiophene rings is 1. The first-order valence-electron chi connectivity index (χ1n) is 10.6. The molecule has 3 rings (SSSR count). The summed E-state index contributed by atoms with van der Waals surface area (Å²) in [5.74, 6) is 0.287. The first kappa shape index (κ1) is 22.2. The fourth-order valence-electron chi connectivity index (χ4n) is 3.46. The zero-order chi connectivity index (χ0) is 21.3. The van der Waals surface area contributed by atoms with E-state index in [1.807, 2.05) is 36.6 Å². The molecule has 5 nitrogen and oxygen atoms in total. The highest BCUT2D eigenvalue weighted by molar-refractivity contribution is 7.10. The van der Waals surface area contributed by atoms with Gasteiger partial charge >= 0.3 is 0 Å². The fourth-order valence-corrected chi connectivity index (χ4v) is 4.12. The van der Waals surface area contributed by atoms with Crippen LogP contribution in [0.15, 0.2) is 47.5 Å². The Morgan fingerprint density at radius 1 is 1.17 bits per heavy atom. The maximum absolute atomic E-state index is 12.8. The maximum atomic E-state index is 12.8. The Morgan fingerprint density at radius 2 is 1.90 bits per heavy atom.